The van der Waals surface area contributed by atoms with Crippen LogP contribution in [0.25, 0.3) is 0 Å². The van der Waals surface area contributed by atoms with Gasteiger partial charge >= 0.3 is 0 Å². The summed E-state index contributed by atoms with van der Waals surface area (Å²) in [5.74, 6) is 1.77. The average molecular weight is 291 g/mol. The SMILES string of the molecule is CCCc1c(NC)ncnc1NCc1cccc(Cl)c1. The lowest BCUT2D eigenvalue weighted by Crippen LogP contribution is -2.08. The molecular formula is C15H19ClN4. The van der Waals surface area contributed by atoms with Crippen molar-refractivity contribution in [2.24, 2.45) is 0 Å². The summed E-state index contributed by atoms with van der Waals surface area (Å²) < 4.78 is 0. The van der Waals surface area contributed by atoms with E-state index in [1.165, 1.54) is 0 Å². The molecule has 4 nitrogen and oxygen atoms in total. The smallest absolute Gasteiger partial charge is 0.134 e. The third-order valence-corrected chi connectivity index (χ3v) is 3.27. The van der Waals surface area contributed by atoms with Gasteiger partial charge in [-0.25, -0.2) is 9.97 Å². The molecule has 1 aromatic heterocycles. The van der Waals surface area contributed by atoms with Crippen LogP contribution in [0.2, 0.25) is 5.02 Å². The molecule has 0 fully saturated rings. The number of nitrogens with zero attached hydrogens (tertiary/aromatic N) is 2. The molecule has 2 rings (SSSR count). The number of anilines is 2. The second-order valence-corrected chi connectivity index (χ2v) is 4.97. The number of hydrogen-bond donors (Lipinski definition) is 2. The van der Waals surface area contributed by atoms with Crippen molar-refractivity contribution >= 4 is 23.2 Å². The van der Waals surface area contributed by atoms with E-state index in [0.717, 1.165) is 40.6 Å². The molecule has 0 saturated heterocycles. The van der Waals surface area contributed by atoms with Crippen LogP contribution in [0.15, 0.2) is 30.6 Å². The van der Waals surface area contributed by atoms with Gasteiger partial charge in [0, 0.05) is 24.2 Å². The Morgan fingerprint density at radius 3 is 2.70 bits per heavy atom. The summed E-state index contributed by atoms with van der Waals surface area (Å²) in [7, 11) is 1.88. The van der Waals surface area contributed by atoms with Crippen LogP contribution in [0, 0.1) is 0 Å². The van der Waals surface area contributed by atoms with E-state index in [0.29, 0.717) is 6.54 Å². The van der Waals surface area contributed by atoms with Crippen molar-refractivity contribution in [3.05, 3.63) is 46.7 Å². The zero-order valence-electron chi connectivity index (χ0n) is 11.8. The number of rotatable bonds is 6. The molecule has 0 unspecified atom stereocenters. The highest BCUT2D eigenvalue weighted by molar-refractivity contribution is 6.30. The molecule has 0 radical (unpaired) electrons. The van der Waals surface area contributed by atoms with Crippen molar-refractivity contribution in [3.8, 4) is 0 Å². The number of halogens is 1. The highest BCUT2D eigenvalue weighted by Gasteiger charge is 2.09. The van der Waals surface area contributed by atoms with Gasteiger partial charge in [0.15, 0.2) is 0 Å². The summed E-state index contributed by atoms with van der Waals surface area (Å²) in [6, 6.07) is 7.81. The highest BCUT2D eigenvalue weighted by atomic mass is 35.5. The first-order chi connectivity index (χ1) is 9.74. The maximum Gasteiger partial charge on any atom is 0.134 e. The highest BCUT2D eigenvalue weighted by Crippen LogP contribution is 2.22. The van der Waals surface area contributed by atoms with E-state index in [4.69, 9.17) is 11.6 Å². The molecule has 2 aromatic rings. The molecule has 0 atom stereocenters. The molecule has 0 saturated carbocycles. The van der Waals surface area contributed by atoms with E-state index in [2.05, 4.69) is 27.5 Å². The molecule has 1 aromatic carbocycles. The number of hydrogen-bond acceptors (Lipinski definition) is 4. The lowest BCUT2D eigenvalue weighted by atomic mass is 10.1. The molecule has 0 amide bonds. The minimum atomic E-state index is 0.692. The molecule has 0 aliphatic carbocycles. The Labute approximate surface area is 124 Å². The summed E-state index contributed by atoms with van der Waals surface area (Å²) in [5, 5.41) is 7.23. The maximum absolute atomic E-state index is 5.99. The zero-order valence-corrected chi connectivity index (χ0v) is 12.5. The molecule has 0 aliphatic rings. The summed E-state index contributed by atoms with van der Waals surface area (Å²) >= 11 is 5.99. The van der Waals surface area contributed by atoms with Gasteiger partial charge in [0.1, 0.15) is 18.0 Å². The summed E-state index contributed by atoms with van der Waals surface area (Å²) in [5.41, 5.74) is 2.25. The van der Waals surface area contributed by atoms with Crippen LogP contribution in [0.5, 0.6) is 0 Å². The fourth-order valence-electron chi connectivity index (χ4n) is 2.10. The minimum Gasteiger partial charge on any atom is -0.373 e. The summed E-state index contributed by atoms with van der Waals surface area (Å²) in [4.78, 5) is 8.61. The molecule has 2 N–H and O–H groups in total. The van der Waals surface area contributed by atoms with Gasteiger partial charge in [-0.15, -0.1) is 0 Å². The van der Waals surface area contributed by atoms with Gasteiger partial charge in [-0.05, 0) is 24.1 Å². The maximum atomic E-state index is 5.99. The third-order valence-electron chi connectivity index (χ3n) is 3.03. The summed E-state index contributed by atoms with van der Waals surface area (Å²) in [6.07, 6.45) is 3.56. The summed E-state index contributed by atoms with van der Waals surface area (Å²) in [6.45, 7) is 2.84. The van der Waals surface area contributed by atoms with Gasteiger partial charge in [0.2, 0.25) is 0 Å². The van der Waals surface area contributed by atoms with Gasteiger partial charge in [-0.1, -0.05) is 37.1 Å². The van der Waals surface area contributed by atoms with Gasteiger partial charge in [-0.3, -0.25) is 0 Å². The predicted octanol–water partition coefficient (Wildman–Crippen LogP) is 3.74. The molecule has 1 heterocycles. The standard InChI is InChI=1S/C15H19ClN4/c1-3-5-13-14(17-2)19-10-20-15(13)18-9-11-6-4-7-12(16)8-11/h4,6-8,10H,3,5,9H2,1-2H3,(H2,17,18,19,20). The van der Waals surface area contributed by atoms with Crippen molar-refractivity contribution in [1.82, 2.24) is 9.97 Å². The number of benzene rings is 1. The quantitative estimate of drug-likeness (QED) is 0.851. The van der Waals surface area contributed by atoms with E-state index in [1.54, 1.807) is 6.33 Å². The molecule has 106 valence electrons. The molecule has 0 bridgehead atoms. The van der Waals surface area contributed by atoms with Crippen molar-refractivity contribution in [1.29, 1.82) is 0 Å². The Bertz CT molecular complexity index is 572. The van der Waals surface area contributed by atoms with Crippen molar-refractivity contribution in [2.45, 2.75) is 26.3 Å². The molecular weight excluding hydrogens is 272 g/mol. The Balaban J connectivity index is 2.16. The first-order valence-corrected chi connectivity index (χ1v) is 7.12. The van der Waals surface area contributed by atoms with Crippen LogP contribution in [0.1, 0.15) is 24.5 Å². The van der Waals surface area contributed by atoms with Crippen LogP contribution in [-0.4, -0.2) is 17.0 Å². The zero-order chi connectivity index (χ0) is 14.4. The van der Waals surface area contributed by atoms with Gasteiger partial charge in [0.05, 0.1) is 0 Å². The van der Waals surface area contributed by atoms with E-state index in [1.807, 2.05) is 31.3 Å². The van der Waals surface area contributed by atoms with E-state index >= 15 is 0 Å². The van der Waals surface area contributed by atoms with E-state index in [-0.39, 0.29) is 0 Å². The van der Waals surface area contributed by atoms with Crippen LogP contribution >= 0.6 is 11.6 Å². The number of aromatic nitrogens is 2. The Morgan fingerprint density at radius 2 is 2.00 bits per heavy atom. The monoisotopic (exact) mass is 290 g/mol. The second kappa shape index (κ2) is 7.10. The van der Waals surface area contributed by atoms with Crippen molar-refractivity contribution < 1.29 is 0 Å². The van der Waals surface area contributed by atoms with Gasteiger partial charge < -0.3 is 10.6 Å². The van der Waals surface area contributed by atoms with Crippen LogP contribution in [-0.2, 0) is 13.0 Å². The molecule has 20 heavy (non-hydrogen) atoms. The fraction of sp³-hybridized carbons (Fsp3) is 0.333. The van der Waals surface area contributed by atoms with Crippen LogP contribution in [0.3, 0.4) is 0 Å². The van der Waals surface area contributed by atoms with E-state index in [9.17, 15) is 0 Å². The third kappa shape index (κ3) is 3.61. The molecule has 0 aliphatic heterocycles. The lowest BCUT2D eigenvalue weighted by Gasteiger charge is -2.13. The Morgan fingerprint density at radius 1 is 1.20 bits per heavy atom. The van der Waals surface area contributed by atoms with Crippen LogP contribution in [0.4, 0.5) is 11.6 Å². The normalized spacial score (nSPS) is 10.3. The number of nitrogens with one attached hydrogen (secondary N) is 2. The van der Waals surface area contributed by atoms with Gasteiger partial charge in [0.25, 0.3) is 0 Å². The largest absolute Gasteiger partial charge is 0.373 e. The molecule has 5 heteroatoms. The van der Waals surface area contributed by atoms with Crippen molar-refractivity contribution in [3.63, 3.8) is 0 Å². The predicted molar refractivity (Wildman–Crippen MR) is 84.4 cm³/mol. The Hall–Kier alpha value is -1.81. The lowest BCUT2D eigenvalue weighted by molar-refractivity contribution is 0.899. The topological polar surface area (TPSA) is 49.8 Å². The van der Waals surface area contributed by atoms with Crippen molar-refractivity contribution in [2.75, 3.05) is 17.7 Å². The fourth-order valence-corrected chi connectivity index (χ4v) is 2.31. The first-order valence-electron chi connectivity index (χ1n) is 6.74. The second-order valence-electron chi connectivity index (χ2n) is 4.53. The Kier molecular flexibility index (Phi) is 5.18. The van der Waals surface area contributed by atoms with Gasteiger partial charge in [-0.2, -0.15) is 0 Å². The van der Waals surface area contributed by atoms with E-state index < -0.39 is 0 Å². The average Bonchev–Trinajstić information content (AvgIpc) is 2.46. The molecule has 0 spiro atoms. The minimum absolute atomic E-state index is 0.692. The first kappa shape index (κ1) is 14.6. The van der Waals surface area contributed by atoms with Crippen LogP contribution < -0.4 is 10.6 Å².